The van der Waals surface area contributed by atoms with Crippen molar-refractivity contribution in [3.63, 3.8) is 0 Å². The van der Waals surface area contributed by atoms with Crippen LogP contribution in [0.25, 0.3) is 0 Å². The van der Waals surface area contributed by atoms with Crippen LogP contribution in [0.2, 0.25) is 0 Å². The van der Waals surface area contributed by atoms with E-state index in [0.717, 1.165) is 0 Å². The van der Waals surface area contributed by atoms with Crippen LogP contribution in [0.5, 0.6) is 0 Å². The van der Waals surface area contributed by atoms with Crippen molar-refractivity contribution < 1.29 is 9.53 Å². The minimum absolute atomic E-state index is 0.0253. The van der Waals surface area contributed by atoms with Crippen LogP contribution in [0.15, 0.2) is 0 Å². The highest BCUT2D eigenvalue weighted by molar-refractivity contribution is 7.80. The molecule has 1 atom stereocenters. The largest absolute Gasteiger partial charge is 0.393 e. The van der Waals surface area contributed by atoms with E-state index >= 15 is 0 Å². The molecule has 0 aliphatic carbocycles. The first kappa shape index (κ1) is 14.3. The summed E-state index contributed by atoms with van der Waals surface area (Å²) in [5.41, 5.74) is 4.94. The van der Waals surface area contributed by atoms with Gasteiger partial charge in [-0.05, 0) is 20.8 Å². The Bertz CT molecular complexity index is 242. The molecule has 5 heteroatoms. The van der Waals surface area contributed by atoms with Gasteiger partial charge in [-0.25, -0.2) is 0 Å². The van der Waals surface area contributed by atoms with Gasteiger partial charge in [-0.15, -0.1) is 0 Å². The molecule has 0 fully saturated rings. The predicted octanol–water partition coefficient (Wildman–Crippen LogP) is 0.982. The summed E-state index contributed by atoms with van der Waals surface area (Å²) in [4.78, 5) is 11.9. The van der Waals surface area contributed by atoms with E-state index in [1.165, 1.54) is 0 Å². The Morgan fingerprint density at radius 2 is 2.13 bits per heavy atom. The Hall–Kier alpha value is -0.680. The highest BCUT2D eigenvalue weighted by atomic mass is 32.1. The lowest BCUT2D eigenvalue weighted by Gasteiger charge is -2.23. The maximum atomic E-state index is 11.5. The molecule has 0 bridgehead atoms. The molecule has 0 aliphatic heterocycles. The van der Waals surface area contributed by atoms with Crippen molar-refractivity contribution in [3.8, 4) is 0 Å². The monoisotopic (exact) mass is 232 g/mol. The summed E-state index contributed by atoms with van der Waals surface area (Å²) in [5, 5.41) is 2.82. The fraction of sp³-hybridized carbons (Fsp3) is 0.800. The number of nitrogens with two attached hydrogens (primary N) is 1. The summed E-state index contributed by atoms with van der Waals surface area (Å²) in [7, 11) is 1.59. The Kier molecular flexibility index (Phi) is 5.75. The SMILES string of the molecule is COC(C)(C)CC(=O)NC(C)CC(N)=S. The molecule has 0 aliphatic rings. The Morgan fingerprint density at radius 1 is 1.60 bits per heavy atom. The molecular formula is C10H20N2O2S. The van der Waals surface area contributed by atoms with Gasteiger partial charge in [0.25, 0.3) is 0 Å². The molecule has 0 aromatic carbocycles. The summed E-state index contributed by atoms with van der Waals surface area (Å²) in [6.07, 6.45) is 0.847. The molecule has 3 N–H and O–H groups in total. The fourth-order valence-electron chi connectivity index (χ4n) is 1.14. The van der Waals surface area contributed by atoms with E-state index in [2.05, 4.69) is 5.32 Å². The van der Waals surface area contributed by atoms with Gasteiger partial charge >= 0.3 is 0 Å². The van der Waals surface area contributed by atoms with Crippen molar-refractivity contribution in [2.45, 2.75) is 45.3 Å². The summed E-state index contributed by atoms with van der Waals surface area (Å²) < 4.78 is 5.16. The number of thiocarbonyl (C=S) groups is 1. The van der Waals surface area contributed by atoms with Crippen molar-refractivity contribution in [1.29, 1.82) is 0 Å². The number of methoxy groups -OCH3 is 1. The lowest BCUT2D eigenvalue weighted by atomic mass is 10.0. The van der Waals surface area contributed by atoms with E-state index in [1.54, 1.807) is 7.11 Å². The molecule has 0 aromatic rings. The van der Waals surface area contributed by atoms with E-state index in [9.17, 15) is 4.79 Å². The van der Waals surface area contributed by atoms with Gasteiger partial charge in [0, 0.05) is 19.6 Å². The van der Waals surface area contributed by atoms with E-state index in [0.29, 0.717) is 17.8 Å². The molecule has 4 nitrogen and oxygen atoms in total. The van der Waals surface area contributed by atoms with Crippen LogP contribution >= 0.6 is 12.2 Å². The van der Waals surface area contributed by atoms with Gasteiger partial charge < -0.3 is 15.8 Å². The van der Waals surface area contributed by atoms with Gasteiger partial charge in [0.15, 0.2) is 0 Å². The van der Waals surface area contributed by atoms with Gasteiger partial charge in [0.05, 0.1) is 17.0 Å². The molecule has 0 saturated carbocycles. The zero-order chi connectivity index (χ0) is 12.1. The van der Waals surface area contributed by atoms with Crippen molar-refractivity contribution in [2.75, 3.05) is 7.11 Å². The van der Waals surface area contributed by atoms with Gasteiger partial charge in [-0.3, -0.25) is 4.79 Å². The first-order valence-corrected chi connectivity index (χ1v) is 5.30. The van der Waals surface area contributed by atoms with Crippen LogP contribution < -0.4 is 11.1 Å². The number of hydrogen-bond donors (Lipinski definition) is 2. The Morgan fingerprint density at radius 3 is 2.53 bits per heavy atom. The lowest BCUT2D eigenvalue weighted by molar-refractivity contribution is -0.126. The molecule has 15 heavy (non-hydrogen) atoms. The van der Waals surface area contributed by atoms with E-state index in [4.69, 9.17) is 22.7 Å². The number of ether oxygens (including phenoxy) is 1. The average Bonchev–Trinajstić information content (AvgIpc) is 2.00. The minimum atomic E-state index is -0.437. The van der Waals surface area contributed by atoms with Crippen molar-refractivity contribution in [2.24, 2.45) is 5.73 Å². The zero-order valence-electron chi connectivity index (χ0n) is 9.79. The van der Waals surface area contributed by atoms with Gasteiger partial charge in [-0.2, -0.15) is 0 Å². The summed E-state index contributed by atoms with van der Waals surface area (Å²) in [5.74, 6) is -0.0504. The normalized spacial score (nSPS) is 13.3. The van der Waals surface area contributed by atoms with Gasteiger partial charge in [0.1, 0.15) is 0 Å². The number of amides is 1. The number of carbonyl (C=O) groups is 1. The molecule has 1 amide bonds. The number of carbonyl (C=O) groups excluding carboxylic acids is 1. The van der Waals surface area contributed by atoms with Crippen LogP contribution in [-0.4, -0.2) is 29.6 Å². The molecule has 0 radical (unpaired) electrons. The molecule has 1 unspecified atom stereocenters. The zero-order valence-corrected chi connectivity index (χ0v) is 10.6. The molecular weight excluding hydrogens is 212 g/mol. The standard InChI is InChI=1S/C10H20N2O2S/c1-7(5-8(11)15)12-9(13)6-10(2,3)14-4/h7H,5-6H2,1-4H3,(H2,11,15)(H,12,13). The predicted molar refractivity (Wildman–Crippen MR) is 64.7 cm³/mol. The van der Waals surface area contributed by atoms with Crippen LogP contribution in [-0.2, 0) is 9.53 Å². The third-order valence-corrected chi connectivity index (χ3v) is 2.22. The highest BCUT2D eigenvalue weighted by Crippen LogP contribution is 2.12. The maximum Gasteiger partial charge on any atom is 0.223 e. The summed E-state index contributed by atoms with van der Waals surface area (Å²) >= 11 is 4.76. The fourth-order valence-corrected chi connectivity index (χ4v) is 1.39. The third-order valence-electron chi connectivity index (χ3n) is 2.05. The quantitative estimate of drug-likeness (QED) is 0.670. The third kappa shape index (κ3) is 7.27. The smallest absolute Gasteiger partial charge is 0.223 e. The summed E-state index contributed by atoms with van der Waals surface area (Å²) in [6.45, 7) is 5.60. The minimum Gasteiger partial charge on any atom is -0.393 e. The molecule has 0 spiro atoms. The van der Waals surface area contributed by atoms with Crippen LogP contribution in [0, 0.1) is 0 Å². The van der Waals surface area contributed by atoms with E-state index in [1.807, 2.05) is 20.8 Å². The lowest BCUT2D eigenvalue weighted by Crippen LogP contribution is -2.39. The second-order valence-corrected chi connectivity index (χ2v) is 4.80. The second kappa shape index (κ2) is 6.02. The van der Waals surface area contributed by atoms with Crippen molar-refractivity contribution in [1.82, 2.24) is 5.32 Å². The van der Waals surface area contributed by atoms with Crippen LogP contribution in [0.3, 0.4) is 0 Å². The average molecular weight is 232 g/mol. The second-order valence-electron chi connectivity index (χ2n) is 4.28. The van der Waals surface area contributed by atoms with Crippen molar-refractivity contribution in [3.05, 3.63) is 0 Å². The number of nitrogens with one attached hydrogen (secondary N) is 1. The molecule has 0 saturated heterocycles. The van der Waals surface area contributed by atoms with Crippen LogP contribution in [0.1, 0.15) is 33.6 Å². The Balaban J connectivity index is 3.98. The number of rotatable bonds is 6. The first-order valence-electron chi connectivity index (χ1n) is 4.89. The first-order chi connectivity index (χ1) is 6.76. The topological polar surface area (TPSA) is 64.3 Å². The van der Waals surface area contributed by atoms with E-state index < -0.39 is 5.60 Å². The molecule has 0 rings (SSSR count). The molecule has 0 heterocycles. The Labute approximate surface area is 96.5 Å². The molecule has 88 valence electrons. The van der Waals surface area contributed by atoms with Crippen LogP contribution in [0.4, 0.5) is 0 Å². The maximum absolute atomic E-state index is 11.5. The van der Waals surface area contributed by atoms with E-state index in [-0.39, 0.29) is 11.9 Å². The number of hydrogen-bond acceptors (Lipinski definition) is 3. The van der Waals surface area contributed by atoms with Gasteiger partial charge in [-0.1, -0.05) is 12.2 Å². The highest BCUT2D eigenvalue weighted by Gasteiger charge is 2.21. The summed E-state index contributed by atoms with van der Waals surface area (Å²) in [6, 6.07) is -0.0253. The van der Waals surface area contributed by atoms with Crippen molar-refractivity contribution >= 4 is 23.1 Å². The molecule has 0 aromatic heterocycles. The van der Waals surface area contributed by atoms with Gasteiger partial charge in [0.2, 0.25) is 5.91 Å².